The Morgan fingerprint density at radius 2 is 2.10 bits per heavy atom. The number of phenols is 1. The van der Waals surface area contributed by atoms with Gasteiger partial charge in [0.1, 0.15) is 5.54 Å². The van der Waals surface area contributed by atoms with Gasteiger partial charge in [-0.05, 0) is 44.0 Å². The molecule has 0 saturated heterocycles. The average molecular weight is 295 g/mol. The number of esters is 1. The predicted octanol–water partition coefficient (Wildman–Crippen LogP) is 2.42. The largest absolute Gasteiger partial charge is 0.504 e. The van der Waals surface area contributed by atoms with E-state index in [-0.39, 0.29) is 11.7 Å². The third kappa shape index (κ3) is 4.11. The highest BCUT2D eigenvalue weighted by atomic mass is 16.5. The molecule has 21 heavy (non-hydrogen) atoms. The standard InChI is InChI=1S/C16H25NO4/c1-6-21-15(19)16(4,17-10-11(2)3)12-7-8-13(18)14(9-12)20-5/h7-9,11,17-18H,6,10H2,1-5H3. The summed E-state index contributed by atoms with van der Waals surface area (Å²) in [5.41, 5.74) is -0.294. The minimum atomic E-state index is -0.985. The number of carbonyl (C=O) groups is 1. The van der Waals surface area contributed by atoms with Gasteiger partial charge in [-0.1, -0.05) is 19.9 Å². The first-order valence-electron chi connectivity index (χ1n) is 7.14. The van der Waals surface area contributed by atoms with Crippen molar-refractivity contribution in [3.8, 4) is 11.5 Å². The van der Waals surface area contributed by atoms with Crippen LogP contribution in [0, 0.1) is 5.92 Å². The van der Waals surface area contributed by atoms with Crippen LogP contribution in [-0.2, 0) is 15.1 Å². The molecule has 0 saturated carbocycles. The Morgan fingerprint density at radius 3 is 2.62 bits per heavy atom. The third-order valence-electron chi connectivity index (χ3n) is 3.30. The maximum atomic E-state index is 12.4. The summed E-state index contributed by atoms with van der Waals surface area (Å²) in [4.78, 5) is 12.4. The van der Waals surface area contributed by atoms with E-state index in [0.29, 0.717) is 30.4 Å². The molecule has 0 bridgehead atoms. The maximum Gasteiger partial charge on any atom is 0.330 e. The molecule has 1 aromatic carbocycles. The molecule has 5 nitrogen and oxygen atoms in total. The van der Waals surface area contributed by atoms with Gasteiger partial charge >= 0.3 is 5.97 Å². The van der Waals surface area contributed by atoms with E-state index in [1.807, 2.05) is 0 Å². The molecule has 1 unspecified atom stereocenters. The number of rotatable bonds is 7. The van der Waals surface area contributed by atoms with Gasteiger partial charge in [-0.15, -0.1) is 0 Å². The fourth-order valence-corrected chi connectivity index (χ4v) is 1.96. The van der Waals surface area contributed by atoms with Crippen molar-refractivity contribution < 1.29 is 19.4 Å². The molecule has 0 fully saturated rings. The van der Waals surface area contributed by atoms with Gasteiger partial charge in [0.2, 0.25) is 0 Å². The van der Waals surface area contributed by atoms with Crippen molar-refractivity contribution in [2.75, 3.05) is 20.3 Å². The van der Waals surface area contributed by atoms with E-state index in [4.69, 9.17) is 9.47 Å². The maximum absolute atomic E-state index is 12.4. The number of hydrogen-bond acceptors (Lipinski definition) is 5. The van der Waals surface area contributed by atoms with Gasteiger partial charge in [-0.25, -0.2) is 4.79 Å². The highest BCUT2D eigenvalue weighted by Crippen LogP contribution is 2.32. The van der Waals surface area contributed by atoms with Gasteiger partial charge in [0.25, 0.3) is 0 Å². The van der Waals surface area contributed by atoms with Crippen molar-refractivity contribution in [2.24, 2.45) is 5.92 Å². The molecular weight excluding hydrogens is 270 g/mol. The van der Waals surface area contributed by atoms with Crippen LogP contribution in [0.1, 0.15) is 33.3 Å². The summed E-state index contributed by atoms with van der Waals surface area (Å²) in [6, 6.07) is 4.87. The van der Waals surface area contributed by atoms with Crippen LogP contribution in [0.25, 0.3) is 0 Å². The lowest BCUT2D eigenvalue weighted by molar-refractivity contribution is -0.151. The summed E-state index contributed by atoms with van der Waals surface area (Å²) >= 11 is 0. The van der Waals surface area contributed by atoms with Gasteiger partial charge < -0.3 is 14.6 Å². The molecule has 0 spiro atoms. The van der Waals surface area contributed by atoms with E-state index in [9.17, 15) is 9.90 Å². The molecule has 0 amide bonds. The molecule has 118 valence electrons. The third-order valence-corrected chi connectivity index (χ3v) is 3.30. The molecule has 0 aliphatic rings. The molecular formula is C16H25NO4. The number of phenolic OH excluding ortho intramolecular Hbond substituents is 1. The van der Waals surface area contributed by atoms with Gasteiger partial charge in [0, 0.05) is 0 Å². The molecule has 2 N–H and O–H groups in total. The van der Waals surface area contributed by atoms with Crippen molar-refractivity contribution in [1.29, 1.82) is 0 Å². The van der Waals surface area contributed by atoms with Crippen LogP contribution in [0.3, 0.4) is 0 Å². The van der Waals surface area contributed by atoms with Crippen LogP contribution < -0.4 is 10.1 Å². The Morgan fingerprint density at radius 1 is 1.43 bits per heavy atom. The first-order valence-corrected chi connectivity index (χ1v) is 7.14. The second-order valence-electron chi connectivity index (χ2n) is 5.51. The van der Waals surface area contributed by atoms with Crippen LogP contribution in [0.15, 0.2) is 18.2 Å². The summed E-state index contributed by atoms with van der Waals surface area (Å²) in [6.07, 6.45) is 0. The summed E-state index contributed by atoms with van der Waals surface area (Å²) < 4.78 is 10.3. The monoisotopic (exact) mass is 295 g/mol. The van der Waals surface area contributed by atoms with Crippen LogP contribution in [0.4, 0.5) is 0 Å². The van der Waals surface area contributed by atoms with Crippen molar-refractivity contribution in [3.63, 3.8) is 0 Å². The summed E-state index contributed by atoms with van der Waals surface area (Å²) in [5.74, 6) is 0.404. The summed E-state index contributed by atoms with van der Waals surface area (Å²) in [5, 5.41) is 13.0. The van der Waals surface area contributed by atoms with E-state index in [1.54, 1.807) is 26.0 Å². The van der Waals surface area contributed by atoms with Crippen molar-refractivity contribution in [3.05, 3.63) is 23.8 Å². The topological polar surface area (TPSA) is 67.8 Å². The van der Waals surface area contributed by atoms with Gasteiger partial charge in [0.15, 0.2) is 11.5 Å². The fourth-order valence-electron chi connectivity index (χ4n) is 1.96. The predicted molar refractivity (Wildman–Crippen MR) is 81.5 cm³/mol. The SMILES string of the molecule is CCOC(=O)C(C)(NCC(C)C)c1ccc(O)c(OC)c1. The van der Waals surface area contributed by atoms with E-state index < -0.39 is 5.54 Å². The highest BCUT2D eigenvalue weighted by Gasteiger charge is 2.37. The summed E-state index contributed by atoms with van der Waals surface area (Å²) in [6.45, 7) is 8.66. The molecule has 0 aromatic heterocycles. The number of carbonyl (C=O) groups excluding carboxylic acids is 1. The number of ether oxygens (including phenoxy) is 2. The molecule has 0 radical (unpaired) electrons. The van der Waals surface area contributed by atoms with Crippen molar-refractivity contribution >= 4 is 5.97 Å². The van der Waals surface area contributed by atoms with Gasteiger partial charge in [-0.2, -0.15) is 0 Å². The molecule has 0 heterocycles. The first-order chi connectivity index (χ1) is 9.85. The summed E-state index contributed by atoms with van der Waals surface area (Å²) in [7, 11) is 1.47. The van der Waals surface area contributed by atoms with Crippen LogP contribution in [0.5, 0.6) is 11.5 Å². The minimum absolute atomic E-state index is 0.0383. The van der Waals surface area contributed by atoms with Crippen LogP contribution in [0.2, 0.25) is 0 Å². The fraction of sp³-hybridized carbons (Fsp3) is 0.562. The Hall–Kier alpha value is -1.75. The Labute approximate surface area is 126 Å². The molecule has 1 rings (SSSR count). The van der Waals surface area contributed by atoms with Gasteiger partial charge in [0.05, 0.1) is 13.7 Å². The zero-order valence-corrected chi connectivity index (χ0v) is 13.4. The number of aromatic hydroxyl groups is 1. The van der Waals surface area contributed by atoms with Crippen molar-refractivity contribution in [2.45, 2.75) is 33.2 Å². The van der Waals surface area contributed by atoms with E-state index in [2.05, 4.69) is 19.2 Å². The number of hydrogen-bond donors (Lipinski definition) is 2. The quantitative estimate of drug-likeness (QED) is 0.756. The Balaban J connectivity index is 3.19. The zero-order chi connectivity index (χ0) is 16.0. The van der Waals surface area contributed by atoms with Crippen molar-refractivity contribution in [1.82, 2.24) is 5.32 Å². The lowest BCUT2D eigenvalue weighted by atomic mass is 9.91. The smallest absolute Gasteiger partial charge is 0.330 e. The van der Waals surface area contributed by atoms with Crippen LogP contribution in [-0.4, -0.2) is 31.3 Å². The highest BCUT2D eigenvalue weighted by molar-refractivity contribution is 5.82. The normalized spacial score (nSPS) is 13.8. The molecule has 0 aliphatic heterocycles. The lowest BCUT2D eigenvalue weighted by Crippen LogP contribution is -2.49. The second kappa shape index (κ2) is 7.31. The first kappa shape index (κ1) is 17.3. The van der Waals surface area contributed by atoms with Gasteiger partial charge in [-0.3, -0.25) is 5.32 Å². The lowest BCUT2D eigenvalue weighted by Gasteiger charge is -2.30. The molecule has 1 aromatic rings. The Kier molecular flexibility index (Phi) is 6.03. The number of nitrogens with one attached hydrogen (secondary N) is 1. The van der Waals surface area contributed by atoms with Crippen LogP contribution >= 0.6 is 0 Å². The van der Waals surface area contributed by atoms with E-state index in [1.165, 1.54) is 13.2 Å². The Bertz CT molecular complexity index is 487. The molecule has 5 heteroatoms. The number of benzene rings is 1. The average Bonchev–Trinajstić information content (AvgIpc) is 2.45. The molecule has 1 atom stereocenters. The molecule has 0 aliphatic carbocycles. The second-order valence-corrected chi connectivity index (χ2v) is 5.51. The zero-order valence-electron chi connectivity index (χ0n) is 13.4. The van der Waals surface area contributed by atoms with E-state index >= 15 is 0 Å². The van der Waals surface area contributed by atoms with E-state index in [0.717, 1.165) is 0 Å². The number of methoxy groups -OCH3 is 1. The minimum Gasteiger partial charge on any atom is -0.504 e.